The number of aromatic amines is 1. The van der Waals surface area contributed by atoms with Crippen LogP contribution in [0.2, 0.25) is 0 Å². The van der Waals surface area contributed by atoms with E-state index in [4.69, 9.17) is 0 Å². The number of nitrogens with one attached hydrogen (secondary N) is 2. The molecule has 0 spiro atoms. The molecule has 100 valence electrons. The Balaban J connectivity index is 2.00. The average Bonchev–Trinajstić information content (AvgIpc) is 2.99. The highest BCUT2D eigenvalue weighted by molar-refractivity contribution is 6.03. The lowest BCUT2D eigenvalue weighted by Crippen LogP contribution is -2.14. The van der Waals surface area contributed by atoms with E-state index in [1.165, 1.54) is 19.8 Å². The van der Waals surface area contributed by atoms with Gasteiger partial charge < -0.3 is 10.4 Å². The molecule has 3 rings (SSSR count). The first-order valence-corrected chi connectivity index (χ1v) is 6.63. The summed E-state index contributed by atoms with van der Waals surface area (Å²) in [6, 6.07) is 3.72. The predicted octanol–water partition coefficient (Wildman–Crippen LogP) is 2.83. The highest BCUT2D eigenvalue weighted by Crippen LogP contribution is 2.30. The van der Waals surface area contributed by atoms with E-state index >= 15 is 0 Å². The highest BCUT2D eigenvalue weighted by Gasteiger charge is 2.18. The Labute approximate surface area is 111 Å². The van der Waals surface area contributed by atoms with Crippen molar-refractivity contribution in [3.05, 3.63) is 17.7 Å². The molecule has 0 aliphatic heterocycles. The third kappa shape index (κ3) is 2.16. The van der Waals surface area contributed by atoms with E-state index in [2.05, 4.69) is 15.5 Å². The molecule has 0 amide bonds. The minimum atomic E-state index is -0.146. The van der Waals surface area contributed by atoms with E-state index in [9.17, 15) is 9.90 Å². The van der Waals surface area contributed by atoms with E-state index in [1.54, 1.807) is 12.1 Å². The minimum Gasteiger partial charge on any atom is -0.507 e. The van der Waals surface area contributed by atoms with E-state index < -0.39 is 0 Å². The Morgan fingerprint density at radius 1 is 1.42 bits per heavy atom. The first-order valence-electron chi connectivity index (χ1n) is 6.63. The molecule has 1 aliphatic carbocycles. The van der Waals surface area contributed by atoms with Gasteiger partial charge in [0.1, 0.15) is 5.75 Å². The molecule has 1 heterocycles. The number of anilines is 1. The SMILES string of the molecule is CC(=O)c1cc2c(NC3CCCC3)n[nH]c2cc1O. The number of hydrogen-bond donors (Lipinski definition) is 3. The van der Waals surface area contributed by atoms with Gasteiger partial charge in [-0.05, 0) is 25.8 Å². The molecule has 1 saturated carbocycles. The van der Waals surface area contributed by atoms with Gasteiger partial charge in [-0.2, -0.15) is 5.10 Å². The first-order chi connectivity index (χ1) is 9.15. The van der Waals surface area contributed by atoms with E-state index in [-0.39, 0.29) is 11.5 Å². The summed E-state index contributed by atoms with van der Waals surface area (Å²) in [5.74, 6) is 0.618. The molecule has 1 aliphatic rings. The summed E-state index contributed by atoms with van der Waals surface area (Å²) in [5.41, 5.74) is 1.08. The predicted molar refractivity (Wildman–Crippen MR) is 73.6 cm³/mol. The number of ketones is 1. The number of hydrogen-bond acceptors (Lipinski definition) is 4. The van der Waals surface area contributed by atoms with Crippen molar-refractivity contribution in [2.45, 2.75) is 38.6 Å². The number of benzene rings is 1. The molecule has 5 nitrogen and oxygen atoms in total. The van der Waals surface area contributed by atoms with Gasteiger partial charge in [0.25, 0.3) is 0 Å². The van der Waals surface area contributed by atoms with Crippen LogP contribution in [-0.4, -0.2) is 27.1 Å². The number of aromatic hydroxyl groups is 1. The molecule has 0 unspecified atom stereocenters. The monoisotopic (exact) mass is 259 g/mol. The molecule has 0 bridgehead atoms. The van der Waals surface area contributed by atoms with Crippen molar-refractivity contribution in [2.75, 3.05) is 5.32 Å². The molecule has 19 heavy (non-hydrogen) atoms. The maximum atomic E-state index is 11.5. The standard InChI is InChI=1S/C14H17N3O2/c1-8(18)10-6-11-12(7-13(10)19)16-17-14(11)15-9-4-2-3-5-9/h6-7,9,19H,2-5H2,1H3,(H2,15,16,17). The third-order valence-electron chi connectivity index (χ3n) is 3.75. The zero-order valence-corrected chi connectivity index (χ0v) is 10.9. The molecule has 0 radical (unpaired) electrons. The maximum Gasteiger partial charge on any atom is 0.163 e. The number of carbonyl (C=O) groups is 1. The van der Waals surface area contributed by atoms with E-state index in [0.29, 0.717) is 11.6 Å². The third-order valence-corrected chi connectivity index (χ3v) is 3.75. The summed E-state index contributed by atoms with van der Waals surface area (Å²) in [7, 11) is 0. The summed E-state index contributed by atoms with van der Waals surface area (Å²) in [6.45, 7) is 1.45. The number of fused-ring (bicyclic) bond motifs is 1. The van der Waals surface area contributed by atoms with Gasteiger partial charge >= 0.3 is 0 Å². The lowest BCUT2D eigenvalue weighted by Gasteiger charge is -2.11. The van der Waals surface area contributed by atoms with Gasteiger partial charge in [-0.25, -0.2) is 0 Å². The quantitative estimate of drug-likeness (QED) is 0.741. The number of nitrogens with zero attached hydrogens (tertiary/aromatic N) is 1. The van der Waals surface area contributed by atoms with Gasteiger partial charge in [0.2, 0.25) is 0 Å². The number of phenols is 1. The fourth-order valence-corrected chi connectivity index (χ4v) is 2.71. The summed E-state index contributed by atoms with van der Waals surface area (Å²) in [4.78, 5) is 11.5. The van der Waals surface area contributed by atoms with Gasteiger partial charge in [0.15, 0.2) is 11.6 Å². The van der Waals surface area contributed by atoms with Gasteiger partial charge in [-0.15, -0.1) is 0 Å². The van der Waals surface area contributed by atoms with Crippen LogP contribution in [0.25, 0.3) is 10.9 Å². The van der Waals surface area contributed by atoms with Crippen LogP contribution >= 0.6 is 0 Å². The molecule has 0 atom stereocenters. The molecular formula is C14H17N3O2. The van der Waals surface area contributed by atoms with Gasteiger partial charge in [0.05, 0.1) is 11.1 Å². The van der Waals surface area contributed by atoms with Gasteiger partial charge in [-0.3, -0.25) is 9.89 Å². The Morgan fingerprint density at radius 3 is 2.84 bits per heavy atom. The highest BCUT2D eigenvalue weighted by atomic mass is 16.3. The molecular weight excluding hydrogens is 242 g/mol. The molecule has 1 aromatic carbocycles. The Morgan fingerprint density at radius 2 is 2.16 bits per heavy atom. The second-order valence-electron chi connectivity index (χ2n) is 5.17. The summed E-state index contributed by atoms with van der Waals surface area (Å²) in [5, 5.41) is 21.2. The lowest BCUT2D eigenvalue weighted by atomic mass is 10.1. The molecule has 2 aromatic rings. The second-order valence-corrected chi connectivity index (χ2v) is 5.17. The van der Waals surface area contributed by atoms with Crippen molar-refractivity contribution in [3.63, 3.8) is 0 Å². The van der Waals surface area contributed by atoms with E-state index in [0.717, 1.165) is 29.6 Å². The van der Waals surface area contributed by atoms with Crippen LogP contribution in [0.3, 0.4) is 0 Å². The molecule has 0 saturated heterocycles. The lowest BCUT2D eigenvalue weighted by molar-refractivity contribution is 0.101. The van der Waals surface area contributed by atoms with Crippen LogP contribution in [-0.2, 0) is 0 Å². The minimum absolute atomic E-state index is 0.00364. The van der Waals surface area contributed by atoms with Crippen molar-refractivity contribution in [1.82, 2.24) is 10.2 Å². The number of H-pyrrole nitrogens is 1. The number of carbonyl (C=O) groups excluding carboxylic acids is 1. The van der Waals surface area contributed by atoms with Gasteiger partial charge in [-0.1, -0.05) is 12.8 Å². The largest absolute Gasteiger partial charge is 0.507 e. The number of Topliss-reactive ketones (excluding diaryl/α,β-unsaturated/α-hetero) is 1. The normalized spacial score (nSPS) is 16.1. The topological polar surface area (TPSA) is 78.0 Å². The Kier molecular flexibility index (Phi) is 2.89. The second kappa shape index (κ2) is 4.57. The van der Waals surface area contributed by atoms with Crippen molar-refractivity contribution < 1.29 is 9.90 Å². The van der Waals surface area contributed by atoms with Crippen LogP contribution < -0.4 is 5.32 Å². The summed E-state index contributed by atoms with van der Waals surface area (Å²) in [6.07, 6.45) is 4.82. The number of aromatic nitrogens is 2. The molecule has 5 heteroatoms. The van der Waals surface area contributed by atoms with Crippen molar-refractivity contribution in [2.24, 2.45) is 0 Å². The van der Waals surface area contributed by atoms with Crippen LogP contribution in [0.15, 0.2) is 12.1 Å². The summed E-state index contributed by atoms with van der Waals surface area (Å²) < 4.78 is 0. The maximum absolute atomic E-state index is 11.5. The molecule has 3 N–H and O–H groups in total. The van der Waals surface area contributed by atoms with Gasteiger partial charge in [0, 0.05) is 17.5 Å². The van der Waals surface area contributed by atoms with Crippen LogP contribution in [0, 0.1) is 0 Å². The fourth-order valence-electron chi connectivity index (χ4n) is 2.71. The van der Waals surface area contributed by atoms with Crippen molar-refractivity contribution in [1.29, 1.82) is 0 Å². The number of phenolic OH excluding ortho intramolecular Hbond substituents is 1. The van der Waals surface area contributed by atoms with Crippen LogP contribution in [0.1, 0.15) is 43.0 Å². The van der Waals surface area contributed by atoms with Crippen molar-refractivity contribution >= 4 is 22.5 Å². The Bertz CT molecular complexity index is 627. The van der Waals surface area contributed by atoms with Crippen LogP contribution in [0.5, 0.6) is 5.75 Å². The van der Waals surface area contributed by atoms with E-state index in [1.807, 2.05) is 0 Å². The average molecular weight is 259 g/mol. The zero-order chi connectivity index (χ0) is 13.4. The number of rotatable bonds is 3. The summed E-state index contributed by atoms with van der Waals surface area (Å²) >= 11 is 0. The van der Waals surface area contributed by atoms with Crippen molar-refractivity contribution in [3.8, 4) is 5.75 Å². The Hall–Kier alpha value is -2.04. The first kappa shape index (κ1) is 12.0. The zero-order valence-electron chi connectivity index (χ0n) is 10.9. The molecule has 1 fully saturated rings. The molecule has 1 aromatic heterocycles. The smallest absolute Gasteiger partial charge is 0.163 e. The fraction of sp³-hybridized carbons (Fsp3) is 0.429. The van der Waals surface area contributed by atoms with Crippen LogP contribution in [0.4, 0.5) is 5.82 Å².